The molecule has 0 saturated carbocycles. The van der Waals surface area contributed by atoms with Gasteiger partial charge in [-0.05, 0) is 19.1 Å². The maximum Gasteiger partial charge on any atom is 0.327 e. The van der Waals surface area contributed by atoms with Crippen molar-refractivity contribution in [1.29, 1.82) is 0 Å². The molecule has 0 aliphatic heterocycles. The normalized spacial score (nSPS) is 11.3. The number of terminal acetylenes is 1. The van der Waals surface area contributed by atoms with Crippen molar-refractivity contribution >= 4 is 11.9 Å². The van der Waals surface area contributed by atoms with E-state index in [1.54, 1.807) is 25.3 Å². The smallest absolute Gasteiger partial charge is 0.327 e. The fourth-order valence-electron chi connectivity index (χ4n) is 1.28. The summed E-state index contributed by atoms with van der Waals surface area (Å²) in [5, 5.41) is 11.2. The lowest BCUT2D eigenvalue weighted by atomic mass is 10.1. The average Bonchev–Trinajstić information content (AvgIpc) is 2.28. The number of rotatable bonds is 4. The Morgan fingerprint density at radius 1 is 1.65 bits per heavy atom. The highest BCUT2D eigenvalue weighted by Crippen LogP contribution is 2.04. The van der Waals surface area contributed by atoms with E-state index in [9.17, 15) is 9.59 Å². The lowest BCUT2D eigenvalue weighted by Crippen LogP contribution is -2.40. The number of carbonyl (C=O) groups excluding carboxylic acids is 1. The highest BCUT2D eigenvalue weighted by molar-refractivity contribution is 5.97. The van der Waals surface area contributed by atoms with Crippen molar-refractivity contribution in [1.82, 2.24) is 10.3 Å². The van der Waals surface area contributed by atoms with Gasteiger partial charge in [-0.1, -0.05) is 0 Å². The monoisotopic (exact) mass is 232 g/mol. The second kappa shape index (κ2) is 5.66. The molecule has 1 rings (SSSR count). The summed E-state index contributed by atoms with van der Waals surface area (Å²) in [7, 11) is 0. The predicted molar refractivity (Wildman–Crippen MR) is 61.3 cm³/mol. The molecule has 1 atom stereocenters. The first-order chi connectivity index (χ1) is 8.06. The van der Waals surface area contributed by atoms with Crippen molar-refractivity contribution in [3.05, 3.63) is 29.6 Å². The highest BCUT2D eigenvalue weighted by atomic mass is 16.4. The van der Waals surface area contributed by atoms with Gasteiger partial charge in [-0.15, -0.1) is 12.3 Å². The third-order valence-corrected chi connectivity index (χ3v) is 2.18. The van der Waals surface area contributed by atoms with Crippen LogP contribution < -0.4 is 5.32 Å². The first-order valence-corrected chi connectivity index (χ1v) is 4.95. The molecule has 0 aromatic carbocycles. The molecule has 0 radical (unpaired) electrons. The van der Waals surface area contributed by atoms with Gasteiger partial charge in [0.1, 0.15) is 6.04 Å². The molecule has 0 saturated heterocycles. The number of pyridine rings is 1. The van der Waals surface area contributed by atoms with Gasteiger partial charge < -0.3 is 10.4 Å². The summed E-state index contributed by atoms with van der Waals surface area (Å²) in [4.78, 5) is 26.5. The largest absolute Gasteiger partial charge is 0.480 e. The van der Waals surface area contributed by atoms with Gasteiger partial charge in [-0.3, -0.25) is 9.78 Å². The number of nitrogens with zero attached hydrogens (tertiary/aromatic N) is 1. The van der Waals surface area contributed by atoms with Crippen LogP contribution in [-0.2, 0) is 4.79 Å². The summed E-state index contributed by atoms with van der Waals surface area (Å²) in [5.41, 5.74) is 0.880. The summed E-state index contributed by atoms with van der Waals surface area (Å²) in [5.74, 6) is 0.567. The van der Waals surface area contributed by atoms with Gasteiger partial charge in [0, 0.05) is 18.3 Å². The summed E-state index contributed by atoms with van der Waals surface area (Å²) in [6.45, 7) is 1.67. The fraction of sp³-hybridized carbons (Fsp3) is 0.250. The molecule has 88 valence electrons. The zero-order valence-corrected chi connectivity index (χ0v) is 9.30. The fourth-order valence-corrected chi connectivity index (χ4v) is 1.28. The Balaban J connectivity index is 2.82. The standard InChI is InChI=1S/C12H12N2O3/c1-3-5-10(12(16)17)14-11(15)9-6-4-7-13-8(9)2/h1,4,6-7,10H,5H2,2H3,(H,14,15)(H,16,17). The summed E-state index contributed by atoms with van der Waals surface area (Å²) < 4.78 is 0. The lowest BCUT2D eigenvalue weighted by molar-refractivity contribution is -0.139. The summed E-state index contributed by atoms with van der Waals surface area (Å²) in [6, 6.07) is 2.11. The number of carboxylic acids is 1. The van der Waals surface area contributed by atoms with E-state index in [1.807, 2.05) is 0 Å². The number of carbonyl (C=O) groups is 2. The second-order valence-corrected chi connectivity index (χ2v) is 3.41. The molecule has 5 heteroatoms. The predicted octanol–water partition coefficient (Wildman–Crippen LogP) is 0.596. The summed E-state index contributed by atoms with van der Waals surface area (Å²) >= 11 is 0. The second-order valence-electron chi connectivity index (χ2n) is 3.41. The molecular weight excluding hydrogens is 220 g/mol. The van der Waals surface area contributed by atoms with Crippen molar-refractivity contribution < 1.29 is 14.7 Å². The van der Waals surface area contributed by atoms with Crippen LogP contribution in [0.1, 0.15) is 22.5 Å². The van der Waals surface area contributed by atoms with Crippen LogP contribution in [0.2, 0.25) is 0 Å². The number of amides is 1. The van der Waals surface area contributed by atoms with E-state index in [-0.39, 0.29) is 6.42 Å². The zero-order chi connectivity index (χ0) is 12.8. The first kappa shape index (κ1) is 12.7. The number of hydrogen-bond acceptors (Lipinski definition) is 3. The number of nitrogens with one attached hydrogen (secondary N) is 1. The topological polar surface area (TPSA) is 79.3 Å². The van der Waals surface area contributed by atoms with Crippen LogP contribution in [0.25, 0.3) is 0 Å². The molecular formula is C12H12N2O3. The van der Waals surface area contributed by atoms with Crippen molar-refractivity contribution in [2.24, 2.45) is 0 Å². The number of aliphatic carboxylic acids is 1. The van der Waals surface area contributed by atoms with E-state index in [1.165, 1.54) is 0 Å². The number of hydrogen-bond donors (Lipinski definition) is 2. The Kier molecular flexibility index (Phi) is 4.23. The van der Waals surface area contributed by atoms with Gasteiger partial charge >= 0.3 is 5.97 Å². The maximum atomic E-state index is 11.8. The number of aryl methyl sites for hydroxylation is 1. The van der Waals surface area contributed by atoms with Gasteiger partial charge in [0.25, 0.3) is 5.91 Å². The Morgan fingerprint density at radius 2 is 2.35 bits per heavy atom. The molecule has 1 aromatic heterocycles. The van der Waals surface area contributed by atoms with Crippen molar-refractivity contribution in [2.75, 3.05) is 0 Å². The minimum Gasteiger partial charge on any atom is -0.480 e. The Bertz CT molecular complexity index is 477. The molecule has 1 unspecified atom stereocenters. The quantitative estimate of drug-likeness (QED) is 0.745. The minimum atomic E-state index is -1.15. The van der Waals surface area contributed by atoms with Crippen LogP contribution in [-0.4, -0.2) is 28.0 Å². The van der Waals surface area contributed by atoms with Crippen LogP contribution >= 0.6 is 0 Å². The molecule has 0 bridgehead atoms. The Hall–Kier alpha value is -2.35. The molecule has 0 fully saturated rings. The van der Waals surface area contributed by atoms with Crippen LogP contribution in [0.4, 0.5) is 0 Å². The number of carboxylic acid groups (broad SMARTS) is 1. The van der Waals surface area contributed by atoms with Gasteiger partial charge in [0.15, 0.2) is 0 Å². The van der Waals surface area contributed by atoms with Crippen LogP contribution in [0.5, 0.6) is 0 Å². The van der Waals surface area contributed by atoms with Crippen molar-refractivity contribution in [2.45, 2.75) is 19.4 Å². The third kappa shape index (κ3) is 3.31. The molecule has 1 amide bonds. The van der Waals surface area contributed by atoms with Crippen molar-refractivity contribution in [3.8, 4) is 12.3 Å². The molecule has 0 spiro atoms. The molecule has 0 aliphatic carbocycles. The van der Waals surface area contributed by atoms with E-state index in [4.69, 9.17) is 11.5 Å². The first-order valence-electron chi connectivity index (χ1n) is 4.95. The van der Waals surface area contributed by atoms with Gasteiger partial charge in [-0.25, -0.2) is 4.79 Å². The zero-order valence-electron chi connectivity index (χ0n) is 9.30. The molecule has 5 nitrogen and oxygen atoms in total. The molecule has 1 aromatic rings. The van der Waals surface area contributed by atoms with Gasteiger partial charge in [-0.2, -0.15) is 0 Å². The van der Waals surface area contributed by atoms with Gasteiger partial charge in [0.05, 0.1) is 5.56 Å². The van der Waals surface area contributed by atoms with Gasteiger partial charge in [0.2, 0.25) is 0 Å². The molecule has 1 heterocycles. The van der Waals surface area contributed by atoms with E-state index in [0.29, 0.717) is 11.3 Å². The van der Waals surface area contributed by atoms with Crippen LogP contribution in [0.15, 0.2) is 18.3 Å². The van der Waals surface area contributed by atoms with E-state index in [2.05, 4.69) is 16.2 Å². The maximum absolute atomic E-state index is 11.8. The summed E-state index contributed by atoms with van der Waals surface area (Å²) in [6.07, 6.45) is 6.54. The Labute approximate surface area is 98.9 Å². The average molecular weight is 232 g/mol. The SMILES string of the molecule is C#CCC(NC(=O)c1cccnc1C)C(=O)O. The third-order valence-electron chi connectivity index (χ3n) is 2.18. The number of aromatic nitrogens is 1. The van der Waals surface area contributed by atoms with Crippen LogP contribution in [0, 0.1) is 19.3 Å². The van der Waals surface area contributed by atoms with E-state index < -0.39 is 17.9 Å². The minimum absolute atomic E-state index is 0.0552. The molecule has 2 N–H and O–H groups in total. The van der Waals surface area contributed by atoms with E-state index >= 15 is 0 Å². The van der Waals surface area contributed by atoms with Crippen LogP contribution in [0.3, 0.4) is 0 Å². The highest BCUT2D eigenvalue weighted by Gasteiger charge is 2.20. The Morgan fingerprint density at radius 3 is 2.88 bits per heavy atom. The van der Waals surface area contributed by atoms with Crippen molar-refractivity contribution in [3.63, 3.8) is 0 Å². The lowest BCUT2D eigenvalue weighted by Gasteiger charge is -2.12. The van der Waals surface area contributed by atoms with E-state index in [0.717, 1.165) is 0 Å². The molecule has 0 aliphatic rings. The molecule has 17 heavy (non-hydrogen) atoms.